The molecule has 1 aromatic heterocycles. The minimum Gasteiger partial charge on any atom is -0.324 e. The minimum absolute atomic E-state index is 0.118. The van der Waals surface area contributed by atoms with Gasteiger partial charge in [-0.1, -0.05) is 12.1 Å². The van der Waals surface area contributed by atoms with E-state index in [0.29, 0.717) is 13.2 Å². The third-order valence-electron chi connectivity index (χ3n) is 2.30. The second-order valence-corrected chi connectivity index (χ2v) is 3.59. The highest BCUT2D eigenvalue weighted by Crippen LogP contribution is 2.12. The molecule has 0 saturated carbocycles. The van der Waals surface area contributed by atoms with Crippen molar-refractivity contribution in [3.63, 3.8) is 0 Å². The van der Waals surface area contributed by atoms with Gasteiger partial charge in [-0.05, 0) is 5.56 Å². The maximum absolute atomic E-state index is 10.6. The Hall–Kier alpha value is -2.21. The number of hydrogen-bond acceptors (Lipinski definition) is 4. The predicted molar refractivity (Wildman–Crippen MR) is 62.2 cm³/mol. The van der Waals surface area contributed by atoms with E-state index in [-0.39, 0.29) is 10.6 Å². The number of non-ortho nitro benzene ring substituents is 1. The van der Waals surface area contributed by atoms with Gasteiger partial charge in [0.05, 0.1) is 17.9 Å². The van der Waals surface area contributed by atoms with Gasteiger partial charge in [-0.3, -0.25) is 15.4 Å². The lowest BCUT2D eigenvalue weighted by Gasteiger charge is -2.05. The second kappa shape index (κ2) is 5.22. The van der Waals surface area contributed by atoms with Crippen molar-refractivity contribution in [1.29, 1.82) is 0 Å². The molecule has 0 aliphatic rings. The summed E-state index contributed by atoms with van der Waals surface area (Å²) in [5.41, 5.74) is 1.01. The van der Waals surface area contributed by atoms with E-state index in [1.807, 2.05) is 16.8 Å². The van der Waals surface area contributed by atoms with E-state index in [9.17, 15) is 10.1 Å². The molecule has 6 heteroatoms. The summed E-state index contributed by atoms with van der Waals surface area (Å²) in [5, 5.41) is 13.8. The third-order valence-corrected chi connectivity index (χ3v) is 2.30. The van der Waals surface area contributed by atoms with Crippen molar-refractivity contribution >= 4 is 5.69 Å². The van der Waals surface area contributed by atoms with Gasteiger partial charge in [-0.15, -0.1) is 0 Å². The molecule has 88 valence electrons. The summed E-state index contributed by atoms with van der Waals surface area (Å²) >= 11 is 0. The lowest BCUT2D eigenvalue weighted by molar-refractivity contribution is -0.384. The normalized spacial score (nSPS) is 10.4. The molecular weight excluding hydrogens is 220 g/mol. The molecular formula is C11H12N4O2. The maximum atomic E-state index is 10.6. The van der Waals surface area contributed by atoms with E-state index in [4.69, 9.17) is 0 Å². The summed E-state index contributed by atoms with van der Waals surface area (Å²) in [6, 6.07) is 6.60. The molecule has 0 atom stereocenters. The molecule has 0 amide bonds. The lowest BCUT2D eigenvalue weighted by Crippen LogP contribution is -2.16. The lowest BCUT2D eigenvalue weighted by atomic mass is 10.2. The number of nitrogens with zero attached hydrogens (tertiary/aromatic N) is 3. The van der Waals surface area contributed by atoms with Gasteiger partial charge in [0.2, 0.25) is 0 Å². The van der Waals surface area contributed by atoms with Crippen LogP contribution < -0.4 is 5.32 Å². The molecule has 0 aliphatic heterocycles. The Morgan fingerprint density at radius 3 is 3.06 bits per heavy atom. The van der Waals surface area contributed by atoms with Crippen LogP contribution in [-0.4, -0.2) is 14.5 Å². The summed E-state index contributed by atoms with van der Waals surface area (Å²) in [6.45, 7) is 1.21. The largest absolute Gasteiger partial charge is 0.324 e. The van der Waals surface area contributed by atoms with Gasteiger partial charge in [-0.25, -0.2) is 4.98 Å². The smallest absolute Gasteiger partial charge is 0.269 e. The predicted octanol–water partition coefficient (Wildman–Crippen LogP) is 1.54. The highest BCUT2D eigenvalue weighted by molar-refractivity contribution is 5.34. The SMILES string of the molecule is O=[N+]([O-])c1cccc(CNCn2ccnc2)c1. The number of rotatable bonds is 5. The van der Waals surface area contributed by atoms with Crippen LogP contribution in [0.15, 0.2) is 43.0 Å². The Kier molecular flexibility index (Phi) is 3.46. The van der Waals surface area contributed by atoms with Crippen LogP contribution in [0.25, 0.3) is 0 Å². The van der Waals surface area contributed by atoms with Crippen LogP contribution in [0.1, 0.15) is 5.56 Å². The first kappa shape index (κ1) is 11.3. The molecule has 2 aromatic rings. The van der Waals surface area contributed by atoms with Crippen molar-refractivity contribution in [2.24, 2.45) is 0 Å². The summed E-state index contributed by atoms with van der Waals surface area (Å²) in [7, 11) is 0. The average molecular weight is 232 g/mol. The van der Waals surface area contributed by atoms with Gasteiger partial charge in [0.25, 0.3) is 5.69 Å². The van der Waals surface area contributed by atoms with Crippen molar-refractivity contribution in [2.75, 3.05) is 0 Å². The zero-order chi connectivity index (χ0) is 12.1. The fourth-order valence-corrected chi connectivity index (χ4v) is 1.49. The van der Waals surface area contributed by atoms with E-state index in [2.05, 4.69) is 10.3 Å². The van der Waals surface area contributed by atoms with Crippen LogP contribution in [-0.2, 0) is 13.2 Å². The summed E-state index contributed by atoms with van der Waals surface area (Å²) in [4.78, 5) is 14.1. The van der Waals surface area contributed by atoms with Gasteiger partial charge in [-0.2, -0.15) is 0 Å². The molecule has 1 aromatic carbocycles. The fraction of sp³-hybridized carbons (Fsp3) is 0.182. The van der Waals surface area contributed by atoms with Gasteiger partial charge < -0.3 is 4.57 Å². The molecule has 0 spiro atoms. The Bertz CT molecular complexity index is 496. The van der Waals surface area contributed by atoms with Crippen LogP contribution in [0.3, 0.4) is 0 Å². The standard InChI is InChI=1S/C11H12N4O2/c16-15(17)11-3-1-2-10(6-11)7-13-9-14-5-4-12-8-14/h1-6,8,13H,7,9H2. The first-order valence-corrected chi connectivity index (χ1v) is 5.15. The van der Waals surface area contributed by atoms with Crippen LogP contribution in [0.4, 0.5) is 5.69 Å². The number of aromatic nitrogens is 2. The van der Waals surface area contributed by atoms with Gasteiger partial charge >= 0.3 is 0 Å². The van der Waals surface area contributed by atoms with E-state index in [0.717, 1.165) is 5.56 Å². The van der Waals surface area contributed by atoms with Gasteiger partial charge in [0, 0.05) is 31.1 Å². The molecule has 0 radical (unpaired) electrons. The molecule has 0 aliphatic carbocycles. The number of benzene rings is 1. The Morgan fingerprint density at radius 1 is 1.47 bits per heavy atom. The topological polar surface area (TPSA) is 73.0 Å². The Balaban J connectivity index is 1.90. The zero-order valence-corrected chi connectivity index (χ0v) is 9.11. The maximum Gasteiger partial charge on any atom is 0.269 e. The Labute approximate surface area is 98.1 Å². The Morgan fingerprint density at radius 2 is 2.35 bits per heavy atom. The first-order valence-electron chi connectivity index (χ1n) is 5.15. The molecule has 17 heavy (non-hydrogen) atoms. The molecule has 0 bridgehead atoms. The first-order chi connectivity index (χ1) is 8.25. The summed E-state index contributed by atoms with van der Waals surface area (Å²) < 4.78 is 1.89. The van der Waals surface area contributed by atoms with Crippen LogP contribution >= 0.6 is 0 Å². The van der Waals surface area contributed by atoms with Crippen molar-refractivity contribution in [3.05, 3.63) is 58.7 Å². The van der Waals surface area contributed by atoms with Crippen molar-refractivity contribution in [1.82, 2.24) is 14.9 Å². The monoisotopic (exact) mass is 232 g/mol. The van der Waals surface area contributed by atoms with Crippen LogP contribution in [0, 0.1) is 10.1 Å². The number of imidazole rings is 1. The average Bonchev–Trinajstić information content (AvgIpc) is 2.82. The second-order valence-electron chi connectivity index (χ2n) is 3.59. The van der Waals surface area contributed by atoms with Crippen LogP contribution in [0.5, 0.6) is 0 Å². The minimum atomic E-state index is -0.390. The molecule has 2 rings (SSSR count). The molecule has 1 N–H and O–H groups in total. The van der Waals surface area contributed by atoms with Crippen molar-refractivity contribution < 1.29 is 4.92 Å². The quantitative estimate of drug-likeness (QED) is 0.626. The fourth-order valence-electron chi connectivity index (χ4n) is 1.49. The van der Waals surface area contributed by atoms with Gasteiger partial charge in [0.15, 0.2) is 0 Å². The van der Waals surface area contributed by atoms with Gasteiger partial charge in [0.1, 0.15) is 0 Å². The summed E-state index contributed by atoms with van der Waals surface area (Å²) in [6.07, 6.45) is 5.26. The molecule has 0 saturated heterocycles. The highest BCUT2D eigenvalue weighted by Gasteiger charge is 2.04. The van der Waals surface area contributed by atoms with Crippen molar-refractivity contribution in [2.45, 2.75) is 13.2 Å². The zero-order valence-electron chi connectivity index (χ0n) is 9.11. The molecule has 6 nitrogen and oxygen atoms in total. The van der Waals surface area contributed by atoms with E-state index >= 15 is 0 Å². The van der Waals surface area contributed by atoms with E-state index < -0.39 is 0 Å². The number of nitrogens with one attached hydrogen (secondary N) is 1. The summed E-state index contributed by atoms with van der Waals surface area (Å²) in [5.74, 6) is 0. The highest BCUT2D eigenvalue weighted by atomic mass is 16.6. The number of nitro benzene ring substituents is 1. The third kappa shape index (κ3) is 3.12. The molecule has 1 heterocycles. The number of hydrogen-bond donors (Lipinski definition) is 1. The van der Waals surface area contributed by atoms with Crippen molar-refractivity contribution in [3.8, 4) is 0 Å². The van der Waals surface area contributed by atoms with E-state index in [1.165, 1.54) is 6.07 Å². The molecule has 0 fully saturated rings. The molecule has 0 unspecified atom stereocenters. The van der Waals surface area contributed by atoms with E-state index in [1.54, 1.807) is 24.7 Å². The van der Waals surface area contributed by atoms with Crippen LogP contribution in [0.2, 0.25) is 0 Å². The number of nitro groups is 1.